The molecule has 0 aromatic rings. The smallest absolute Gasteiger partial charge is 0.305 e. The number of hydrogen-bond donors (Lipinski definition) is 0. The summed E-state index contributed by atoms with van der Waals surface area (Å²) >= 11 is 0. The van der Waals surface area contributed by atoms with Gasteiger partial charge in [-0.05, 0) is 0 Å². The van der Waals surface area contributed by atoms with Gasteiger partial charge in [-0.3, -0.25) is 9.59 Å². The molecular formula is C12H19NO3. The molecule has 0 unspecified atom stereocenters. The zero-order valence-corrected chi connectivity index (χ0v) is 10.1. The van der Waals surface area contributed by atoms with Gasteiger partial charge in [-0.15, -0.1) is 0 Å². The minimum Gasteiger partial charge on any atom is -0.461 e. The van der Waals surface area contributed by atoms with Gasteiger partial charge in [-0.1, -0.05) is 19.1 Å². The zero-order valence-electron chi connectivity index (χ0n) is 10.1. The van der Waals surface area contributed by atoms with Crippen LogP contribution in [0.25, 0.3) is 0 Å². The van der Waals surface area contributed by atoms with Gasteiger partial charge >= 0.3 is 5.97 Å². The highest BCUT2D eigenvalue weighted by Crippen LogP contribution is 2.25. The molecule has 0 saturated heterocycles. The van der Waals surface area contributed by atoms with E-state index in [4.69, 9.17) is 4.74 Å². The van der Waals surface area contributed by atoms with Crippen molar-refractivity contribution in [3.8, 4) is 0 Å². The van der Waals surface area contributed by atoms with Crippen LogP contribution in [0, 0.1) is 5.92 Å². The Morgan fingerprint density at radius 3 is 2.69 bits per heavy atom. The van der Waals surface area contributed by atoms with Crippen LogP contribution in [0.15, 0.2) is 12.2 Å². The van der Waals surface area contributed by atoms with Crippen LogP contribution in [0.5, 0.6) is 0 Å². The normalized spacial score (nSPS) is 23.2. The van der Waals surface area contributed by atoms with Crippen molar-refractivity contribution in [1.82, 2.24) is 4.90 Å². The molecule has 0 heterocycles. The molecule has 0 aromatic carbocycles. The molecule has 4 nitrogen and oxygen atoms in total. The summed E-state index contributed by atoms with van der Waals surface area (Å²) in [5, 5.41) is 0. The molecule has 1 rings (SSSR count). The summed E-state index contributed by atoms with van der Waals surface area (Å²) in [6.07, 6.45) is 5.29. The van der Waals surface area contributed by atoms with Crippen molar-refractivity contribution < 1.29 is 14.3 Å². The summed E-state index contributed by atoms with van der Waals surface area (Å²) in [5.41, 5.74) is 0. The van der Waals surface area contributed by atoms with E-state index in [0.29, 0.717) is 12.8 Å². The van der Waals surface area contributed by atoms with Gasteiger partial charge in [0.25, 0.3) is 0 Å². The molecule has 0 bridgehead atoms. The predicted octanol–water partition coefficient (Wildman–Crippen LogP) is 1.36. The van der Waals surface area contributed by atoms with E-state index in [1.54, 1.807) is 25.9 Å². The summed E-state index contributed by atoms with van der Waals surface area (Å²) in [4.78, 5) is 24.3. The Balaban J connectivity index is 2.48. The van der Waals surface area contributed by atoms with E-state index >= 15 is 0 Å². The van der Waals surface area contributed by atoms with Crippen molar-refractivity contribution in [2.24, 2.45) is 5.92 Å². The van der Waals surface area contributed by atoms with E-state index in [0.717, 1.165) is 6.42 Å². The third kappa shape index (κ3) is 3.36. The van der Waals surface area contributed by atoms with Crippen LogP contribution in [0.1, 0.15) is 26.2 Å². The highest BCUT2D eigenvalue weighted by Gasteiger charge is 2.28. The number of carbonyl (C=O) groups excluding carboxylic acids is 2. The van der Waals surface area contributed by atoms with Gasteiger partial charge in [0, 0.05) is 39.3 Å². The van der Waals surface area contributed by atoms with E-state index in [-0.39, 0.29) is 23.9 Å². The molecule has 1 aliphatic rings. The van der Waals surface area contributed by atoms with Gasteiger partial charge < -0.3 is 9.64 Å². The topological polar surface area (TPSA) is 46.6 Å². The van der Waals surface area contributed by atoms with Crippen LogP contribution in [-0.2, 0) is 14.3 Å². The molecule has 0 spiro atoms. The molecular weight excluding hydrogens is 206 g/mol. The molecule has 1 amide bonds. The third-order valence-corrected chi connectivity index (χ3v) is 2.71. The summed E-state index contributed by atoms with van der Waals surface area (Å²) in [7, 11) is 3.46. The quantitative estimate of drug-likeness (QED) is 0.536. The SMILES string of the molecule is CCC(=O)O[C@@H]1CC=C[C@@H]1CC(=O)N(C)C. The van der Waals surface area contributed by atoms with Crippen molar-refractivity contribution >= 4 is 11.9 Å². The number of carbonyl (C=O) groups is 2. The molecule has 0 aliphatic heterocycles. The Bertz CT molecular complexity index is 297. The lowest BCUT2D eigenvalue weighted by Gasteiger charge is -2.20. The number of rotatable bonds is 4. The second kappa shape index (κ2) is 5.68. The highest BCUT2D eigenvalue weighted by molar-refractivity contribution is 5.76. The van der Waals surface area contributed by atoms with Crippen molar-refractivity contribution in [2.45, 2.75) is 32.3 Å². The lowest BCUT2D eigenvalue weighted by molar-refractivity contribution is -0.151. The van der Waals surface area contributed by atoms with Gasteiger partial charge in [-0.25, -0.2) is 0 Å². The summed E-state index contributed by atoms with van der Waals surface area (Å²) < 4.78 is 5.28. The van der Waals surface area contributed by atoms with Gasteiger partial charge in [-0.2, -0.15) is 0 Å². The van der Waals surface area contributed by atoms with E-state index < -0.39 is 0 Å². The first-order valence-corrected chi connectivity index (χ1v) is 5.61. The van der Waals surface area contributed by atoms with Crippen molar-refractivity contribution in [1.29, 1.82) is 0 Å². The Hall–Kier alpha value is -1.32. The average Bonchev–Trinajstić information content (AvgIpc) is 2.65. The molecule has 4 heteroatoms. The monoisotopic (exact) mass is 225 g/mol. The predicted molar refractivity (Wildman–Crippen MR) is 60.7 cm³/mol. The van der Waals surface area contributed by atoms with Crippen molar-refractivity contribution in [3.63, 3.8) is 0 Å². The third-order valence-electron chi connectivity index (χ3n) is 2.71. The fraction of sp³-hybridized carbons (Fsp3) is 0.667. The minimum absolute atomic E-state index is 0.0328. The summed E-state index contributed by atoms with van der Waals surface area (Å²) in [6, 6.07) is 0. The molecule has 0 fully saturated rings. The van der Waals surface area contributed by atoms with Crippen molar-refractivity contribution in [2.75, 3.05) is 14.1 Å². The van der Waals surface area contributed by atoms with Crippen LogP contribution in [-0.4, -0.2) is 37.0 Å². The first-order chi connectivity index (χ1) is 7.54. The molecule has 0 N–H and O–H groups in total. The minimum atomic E-state index is -0.198. The Morgan fingerprint density at radius 2 is 2.12 bits per heavy atom. The first kappa shape index (κ1) is 12.7. The summed E-state index contributed by atoms with van der Waals surface area (Å²) in [5.74, 6) is -0.101. The van der Waals surface area contributed by atoms with E-state index in [9.17, 15) is 9.59 Å². The molecule has 90 valence electrons. The molecule has 0 aromatic heterocycles. The maximum absolute atomic E-state index is 11.6. The largest absolute Gasteiger partial charge is 0.461 e. The van der Waals surface area contributed by atoms with Crippen molar-refractivity contribution in [3.05, 3.63) is 12.2 Å². The molecule has 0 radical (unpaired) electrons. The summed E-state index contributed by atoms with van der Waals surface area (Å²) in [6.45, 7) is 1.77. The second-order valence-corrected chi connectivity index (χ2v) is 4.20. The fourth-order valence-electron chi connectivity index (χ4n) is 1.66. The number of amides is 1. The van der Waals surface area contributed by atoms with Crippen LogP contribution in [0.2, 0.25) is 0 Å². The number of esters is 1. The van der Waals surface area contributed by atoms with Crippen LogP contribution in [0.4, 0.5) is 0 Å². The Morgan fingerprint density at radius 1 is 1.44 bits per heavy atom. The van der Waals surface area contributed by atoms with Crippen LogP contribution >= 0.6 is 0 Å². The van der Waals surface area contributed by atoms with E-state index in [1.165, 1.54) is 0 Å². The van der Waals surface area contributed by atoms with Gasteiger partial charge in [0.15, 0.2) is 0 Å². The molecule has 2 atom stereocenters. The standard InChI is InChI=1S/C12H19NO3/c1-4-12(15)16-10-7-5-6-9(10)8-11(14)13(2)3/h5-6,9-10H,4,7-8H2,1-3H3/t9-,10-/m1/s1. The van der Waals surface area contributed by atoms with Gasteiger partial charge in [0.1, 0.15) is 6.10 Å². The molecule has 1 aliphatic carbocycles. The highest BCUT2D eigenvalue weighted by atomic mass is 16.5. The number of ether oxygens (including phenoxy) is 1. The Labute approximate surface area is 96.3 Å². The van der Waals surface area contributed by atoms with Crippen LogP contribution in [0.3, 0.4) is 0 Å². The molecule has 16 heavy (non-hydrogen) atoms. The zero-order chi connectivity index (χ0) is 12.1. The second-order valence-electron chi connectivity index (χ2n) is 4.20. The van der Waals surface area contributed by atoms with Gasteiger partial charge in [0.05, 0.1) is 0 Å². The number of nitrogens with zero attached hydrogens (tertiary/aromatic N) is 1. The maximum Gasteiger partial charge on any atom is 0.305 e. The van der Waals surface area contributed by atoms with Gasteiger partial charge in [0.2, 0.25) is 5.91 Å². The first-order valence-electron chi connectivity index (χ1n) is 5.61. The number of hydrogen-bond acceptors (Lipinski definition) is 3. The fourth-order valence-corrected chi connectivity index (χ4v) is 1.66. The molecule has 0 saturated carbocycles. The van der Waals surface area contributed by atoms with E-state index in [2.05, 4.69) is 0 Å². The van der Waals surface area contributed by atoms with Crippen LogP contribution < -0.4 is 0 Å². The maximum atomic E-state index is 11.6. The lowest BCUT2D eigenvalue weighted by atomic mass is 10.0. The lowest BCUT2D eigenvalue weighted by Crippen LogP contribution is -2.29. The van der Waals surface area contributed by atoms with E-state index in [1.807, 2.05) is 12.2 Å². The Kier molecular flexibility index (Phi) is 4.52. The average molecular weight is 225 g/mol.